The van der Waals surface area contributed by atoms with Gasteiger partial charge in [0.2, 0.25) is 15.6 Å². The number of pyridine rings is 1. The Morgan fingerprint density at radius 2 is 2.12 bits per heavy atom. The van der Waals surface area contributed by atoms with E-state index in [0.29, 0.717) is 6.61 Å². The average molecular weight is 260 g/mol. The number of sulfonamides is 1. The van der Waals surface area contributed by atoms with Crippen molar-refractivity contribution in [3.63, 3.8) is 0 Å². The molecule has 0 fully saturated rings. The fourth-order valence-corrected chi connectivity index (χ4v) is 2.10. The van der Waals surface area contributed by atoms with Crippen molar-refractivity contribution in [2.75, 3.05) is 13.2 Å². The lowest BCUT2D eigenvalue weighted by molar-refractivity contribution is 0.0834. The van der Waals surface area contributed by atoms with Crippen LogP contribution in [0.25, 0.3) is 0 Å². The maximum atomic E-state index is 11.7. The van der Waals surface area contributed by atoms with E-state index in [0.717, 1.165) is 6.20 Å². The first-order valence-electron chi connectivity index (χ1n) is 5.22. The quantitative estimate of drug-likeness (QED) is 0.709. The Kier molecular flexibility index (Phi) is 4.86. The molecule has 0 spiro atoms. The minimum absolute atomic E-state index is 0.0293. The van der Waals surface area contributed by atoms with Gasteiger partial charge in [-0.2, -0.15) is 0 Å². The molecular weight excluding hydrogens is 244 g/mol. The normalized spacial score (nSPS) is 11.9. The first-order valence-corrected chi connectivity index (χ1v) is 6.70. The average Bonchev–Trinajstić information content (AvgIpc) is 2.25. The van der Waals surface area contributed by atoms with Crippen LogP contribution in [0.1, 0.15) is 13.8 Å². The van der Waals surface area contributed by atoms with Crippen molar-refractivity contribution in [2.45, 2.75) is 24.8 Å². The van der Waals surface area contributed by atoms with Gasteiger partial charge in [0, 0.05) is 18.8 Å². The van der Waals surface area contributed by atoms with Gasteiger partial charge < -0.3 is 9.72 Å². The van der Waals surface area contributed by atoms with E-state index in [1.54, 1.807) is 0 Å². The third kappa shape index (κ3) is 4.68. The van der Waals surface area contributed by atoms with Gasteiger partial charge in [-0.3, -0.25) is 4.79 Å². The zero-order valence-electron chi connectivity index (χ0n) is 9.76. The number of aromatic nitrogens is 1. The van der Waals surface area contributed by atoms with E-state index in [1.165, 1.54) is 12.1 Å². The van der Waals surface area contributed by atoms with E-state index in [4.69, 9.17) is 4.74 Å². The molecule has 0 saturated heterocycles. The largest absolute Gasteiger partial charge is 0.377 e. The van der Waals surface area contributed by atoms with Crippen LogP contribution in [-0.2, 0) is 14.8 Å². The van der Waals surface area contributed by atoms with E-state index in [-0.39, 0.29) is 23.1 Å². The second-order valence-electron chi connectivity index (χ2n) is 3.71. The van der Waals surface area contributed by atoms with E-state index < -0.39 is 10.0 Å². The fourth-order valence-electron chi connectivity index (χ4n) is 1.12. The predicted octanol–water partition coefficient (Wildman–Crippen LogP) is 0.0782. The van der Waals surface area contributed by atoms with Gasteiger partial charge in [0.1, 0.15) is 0 Å². The highest BCUT2D eigenvalue weighted by Crippen LogP contribution is 2.03. The summed E-state index contributed by atoms with van der Waals surface area (Å²) in [5, 5.41) is 0. The molecular formula is C10H16N2O4S. The van der Waals surface area contributed by atoms with Gasteiger partial charge in [0.25, 0.3) is 0 Å². The van der Waals surface area contributed by atoms with Gasteiger partial charge in [-0.15, -0.1) is 0 Å². The molecule has 0 saturated carbocycles. The van der Waals surface area contributed by atoms with Gasteiger partial charge >= 0.3 is 0 Å². The molecule has 0 aliphatic rings. The minimum atomic E-state index is -3.58. The molecule has 1 aromatic heterocycles. The van der Waals surface area contributed by atoms with Crippen LogP contribution < -0.4 is 10.3 Å². The smallest absolute Gasteiger partial charge is 0.247 e. The molecule has 0 atom stereocenters. The Morgan fingerprint density at radius 1 is 1.41 bits per heavy atom. The lowest BCUT2D eigenvalue weighted by Crippen LogP contribution is -2.28. The highest BCUT2D eigenvalue weighted by atomic mass is 32.2. The molecule has 17 heavy (non-hydrogen) atoms. The maximum Gasteiger partial charge on any atom is 0.247 e. The van der Waals surface area contributed by atoms with Crippen LogP contribution in [-0.4, -0.2) is 32.7 Å². The molecule has 6 nitrogen and oxygen atoms in total. The Hall–Kier alpha value is -1.18. The van der Waals surface area contributed by atoms with E-state index >= 15 is 0 Å². The Morgan fingerprint density at radius 3 is 2.65 bits per heavy atom. The number of hydrogen-bond acceptors (Lipinski definition) is 4. The summed E-state index contributed by atoms with van der Waals surface area (Å²) in [4.78, 5) is 13.1. The molecule has 1 aromatic rings. The topological polar surface area (TPSA) is 88.3 Å². The molecule has 0 radical (unpaired) electrons. The second kappa shape index (κ2) is 5.95. The number of hydrogen-bond donors (Lipinski definition) is 2. The summed E-state index contributed by atoms with van der Waals surface area (Å²) in [6.07, 6.45) is 1.22. The standard InChI is InChI=1S/C10H16N2O4S/c1-8(2)16-6-5-12-17(14,15)9-3-4-10(13)11-7-9/h3-4,7-8,12H,5-6H2,1-2H3,(H,11,13). The summed E-state index contributed by atoms with van der Waals surface area (Å²) in [6.45, 7) is 4.24. The predicted molar refractivity (Wildman–Crippen MR) is 63.3 cm³/mol. The lowest BCUT2D eigenvalue weighted by Gasteiger charge is -2.09. The van der Waals surface area contributed by atoms with E-state index in [2.05, 4.69) is 9.71 Å². The van der Waals surface area contributed by atoms with Crippen LogP contribution in [0.4, 0.5) is 0 Å². The van der Waals surface area contributed by atoms with Crippen LogP contribution in [0.3, 0.4) is 0 Å². The summed E-state index contributed by atoms with van der Waals surface area (Å²) >= 11 is 0. The third-order valence-electron chi connectivity index (χ3n) is 1.91. The molecule has 2 N–H and O–H groups in total. The van der Waals surface area contributed by atoms with Crippen molar-refractivity contribution in [2.24, 2.45) is 0 Å². The number of H-pyrrole nitrogens is 1. The molecule has 0 aliphatic carbocycles. The molecule has 0 unspecified atom stereocenters. The minimum Gasteiger partial charge on any atom is -0.377 e. The van der Waals surface area contributed by atoms with Gasteiger partial charge in [-0.1, -0.05) is 0 Å². The van der Waals surface area contributed by atoms with Crippen molar-refractivity contribution in [3.8, 4) is 0 Å². The highest BCUT2D eigenvalue weighted by molar-refractivity contribution is 7.89. The van der Waals surface area contributed by atoms with Gasteiger partial charge in [0.15, 0.2) is 0 Å². The molecule has 0 aromatic carbocycles. The lowest BCUT2D eigenvalue weighted by atomic mass is 10.5. The molecule has 1 heterocycles. The van der Waals surface area contributed by atoms with E-state index in [1.807, 2.05) is 13.8 Å². The molecule has 0 aliphatic heterocycles. The van der Waals surface area contributed by atoms with Crippen molar-refractivity contribution < 1.29 is 13.2 Å². The highest BCUT2D eigenvalue weighted by Gasteiger charge is 2.12. The molecule has 96 valence electrons. The van der Waals surface area contributed by atoms with E-state index in [9.17, 15) is 13.2 Å². The molecule has 0 amide bonds. The van der Waals surface area contributed by atoms with Crippen molar-refractivity contribution in [1.29, 1.82) is 0 Å². The Balaban J connectivity index is 2.57. The fraction of sp³-hybridized carbons (Fsp3) is 0.500. The number of nitrogens with one attached hydrogen (secondary N) is 2. The van der Waals surface area contributed by atoms with Gasteiger partial charge in [-0.25, -0.2) is 13.1 Å². The summed E-state index contributed by atoms with van der Waals surface area (Å²) in [5.41, 5.74) is -0.341. The number of rotatable bonds is 6. The Bertz CT molecular complexity index is 487. The first-order chi connectivity index (χ1) is 7.92. The summed E-state index contributed by atoms with van der Waals surface area (Å²) in [5.74, 6) is 0. The summed E-state index contributed by atoms with van der Waals surface area (Å²) in [7, 11) is -3.58. The van der Waals surface area contributed by atoms with Crippen molar-refractivity contribution in [1.82, 2.24) is 9.71 Å². The number of aromatic amines is 1. The molecule has 7 heteroatoms. The Labute approximate surface area is 100 Å². The summed E-state index contributed by atoms with van der Waals surface area (Å²) in [6, 6.07) is 2.42. The van der Waals surface area contributed by atoms with Gasteiger partial charge in [0.05, 0.1) is 17.6 Å². The van der Waals surface area contributed by atoms with Crippen LogP contribution in [0.2, 0.25) is 0 Å². The second-order valence-corrected chi connectivity index (χ2v) is 5.47. The van der Waals surface area contributed by atoms with Crippen LogP contribution in [0.15, 0.2) is 28.0 Å². The van der Waals surface area contributed by atoms with Crippen molar-refractivity contribution >= 4 is 10.0 Å². The van der Waals surface area contributed by atoms with Crippen LogP contribution in [0, 0.1) is 0 Å². The van der Waals surface area contributed by atoms with Crippen LogP contribution >= 0.6 is 0 Å². The SMILES string of the molecule is CC(C)OCCNS(=O)(=O)c1ccc(=O)[nH]c1. The maximum absolute atomic E-state index is 11.7. The first kappa shape index (κ1) is 13.9. The zero-order chi connectivity index (χ0) is 12.9. The zero-order valence-corrected chi connectivity index (χ0v) is 10.6. The van der Waals surface area contributed by atoms with Crippen molar-refractivity contribution in [3.05, 3.63) is 28.7 Å². The number of ether oxygens (including phenoxy) is 1. The monoisotopic (exact) mass is 260 g/mol. The van der Waals surface area contributed by atoms with Gasteiger partial charge in [-0.05, 0) is 19.9 Å². The third-order valence-corrected chi connectivity index (χ3v) is 3.37. The molecule has 1 rings (SSSR count). The molecule has 0 bridgehead atoms. The summed E-state index contributed by atoms with van der Waals surface area (Å²) < 4.78 is 31.0. The van der Waals surface area contributed by atoms with Crippen LogP contribution in [0.5, 0.6) is 0 Å².